The molecule has 0 amide bonds. The maximum absolute atomic E-state index is 6.09. The Balaban J connectivity index is 2.26. The Morgan fingerprint density at radius 3 is 2.47 bits per heavy atom. The highest BCUT2D eigenvalue weighted by Gasteiger charge is 2.09. The zero-order valence-electron chi connectivity index (χ0n) is 11.0. The highest BCUT2D eigenvalue weighted by atomic mass is 79.9. The molecule has 0 aliphatic carbocycles. The van der Waals surface area contributed by atoms with Gasteiger partial charge in [-0.3, -0.25) is 0 Å². The zero-order chi connectivity index (χ0) is 13.7. The van der Waals surface area contributed by atoms with Crippen LogP contribution in [0, 0.1) is 0 Å². The first-order chi connectivity index (χ1) is 9.22. The van der Waals surface area contributed by atoms with E-state index in [1.807, 2.05) is 30.3 Å². The minimum Gasteiger partial charge on any atom is -0.490 e. The third kappa shape index (κ3) is 3.51. The van der Waals surface area contributed by atoms with Crippen LogP contribution in [0.3, 0.4) is 0 Å². The second-order valence-electron chi connectivity index (χ2n) is 4.44. The van der Waals surface area contributed by atoms with Gasteiger partial charge in [-0.15, -0.1) is 0 Å². The maximum Gasteiger partial charge on any atom is 0.156 e. The van der Waals surface area contributed by atoms with Crippen molar-refractivity contribution in [2.75, 3.05) is 12.3 Å². The molecule has 19 heavy (non-hydrogen) atoms. The van der Waals surface area contributed by atoms with Crippen LogP contribution in [0.5, 0.6) is 5.75 Å². The summed E-state index contributed by atoms with van der Waals surface area (Å²) in [6, 6.07) is 14.2. The Morgan fingerprint density at radius 1 is 1.11 bits per heavy atom. The molecule has 0 aliphatic heterocycles. The molecule has 0 saturated carbocycles. The molecule has 0 atom stereocenters. The highest BCUT2D eigenvalue weighted by Crippen LogP contribution is 2.36. The molecule has 2 aromatic carbocycles. The van der Waals surface area contributed by atoms with Crippen LogP contribution in [0.1, 0.15) is 19.8 Å². The van der Waals surface area contributed by atoms with E-state index >= 15 is 0 Å². The van der Waals surface area contributed by atoms with Gasteiger partial charge in [0.2, 0.25) is 0 Å². The van der Waals surface area contributed by atoms with Crippen molar-refractivity contribution in [3.63, 3.8) is 0 Å². The van der Waals surface area contributed by atoms with E-state index in [2.05, 4.69) is 35.0 Å². The van der Waals surface area contributed by atoms with Gasteiger partial charge >= 0.3 is 0 Å². The largest absolute Gasteiger partial charge is 0.490 e. The average Bonchev–Trinajstić information content (AvgIpc) is 2.43. The topological polar surface area (TPSA) is 35.2 Å². The second-order valence-corrected chi connectivity index (χ2v) is 5.30. The Morgan fingerprint density at radius 2 is 1.84 bits per heavy atom. The van der Waals surface area contributed by atoms with Crippen LogP contribution >= 0.6 is 15.9 Å². The van der Waals surface area contributed by atoms with E-state index in [0.717, 1.165) is 34.2 Å². The Kier molecular flexibility index (Phi) is 4.86. The lowest BCUT2D eigenvalue weighted by Crippen LogP contribution is -2.01. The number of hydrogen-bond acceptors (Lipinski definition) is 2. The molecule has 0 spiro atoms. The molecular weight excluding hydrogens is 302 g/mol. The summed E-state index contributed by atoms with van der Waals surface area (Å²) in [7, 11) is 0. The molecular formula is C16H18BrNO. The molecule has 0 bridgehead atoms. The summed E-state index contributed by atoms with van der Waals surface area (Å²) >= 11 is 3.54. The van der Waals surface area contributed by atoms with Gasteiger partial charge in [0, 0.05) is 0 Å². The monoisotopic (exact) mass is 319 g/mol. The SMILES string of the molecule is CCCCOc1c(N)cc(-c2ccccc2)cc1Br. The predicted octanol–water partition coefficient (Wildman–Crippen LogP) is 4.88. The average molecular weight is 320 g/mol. The van der Waals surface area contributed by atoms with Gasteiger partial charge in [0.05, 0.1) is 16.8 Å². The fourth-order valence-electron chi connectivity index (χ4n) is 1.88. The predicted molar refractivity (Wildman–Crippen MR) is 84.4 cm³/mol. The number of unbranched alkanes of at least 4 members (excludes halogenated alkanes) is 1. The lowest BCUT2D eigenvalue weighted by molar-refractivity contribution is 0.309. The van der Waals surface area contributed by atoms with Gasteiger partial charge < -0.3 is 10.5 Å². The van der Waals surface area contributed by atoms with Gasteiger partial charge in [0.15, 0.2) is 5.75 Å². The fourth-order valence-corrected chi connectivity index (χ4v) is 2.47. The summed E-state index contributed by atoms with van der Waals surface area (Å²) < 4.78 is 6.63. The van der Waals surface area contributed by atoms with E-state index in [0.29, 0.717) is 12.3 Å². The number of ether oxygens (including phenoxy) is 1. The molecule has 0 radical (unpaired) electrons. The summed E-state index contributed by atoms with van der Waals surface area (Å²) in [5, 5.41) is 0. The van der Waals surface area contributed by atoms with Gasteiger partial charge in [0.25, 0.3) is 0 Å². The lowest BCUT2D eigenvalue weighted by atomic mass is 10.1. The number of rotatable bonds is 5. The molecule has 2 nitrogen and oxygen atoms in total. The quantitative estimate of drug-likeness (QED) is 0.629. The molecule has 3 heteroatoms. The molecule has 100 valence electrons. The summed E-state index contributed by atoms with van der Waals surface area (Å²) in [6.45, 7) is 2.84. The first-order valence-electron chi connectivity index (χ1n) is 6.49. The molecule has 0 fully saturated rings. The fraction of sp³-hybridized carbons (Fsp3) is 0.250. The molecule has 0 aliphatic rings. The maximum atomic E-state index is 6.09. The van der Waals surface area contributed by atoms with Crippen molar-refractivity contribution in [3.8, 4) is 16.9 Å². The summed E-state index contributed by atoms with van der Waals surface area (Å²) in [5.41, 5.74) is 9.00. The third-order valence-corrected chi connectivity index (χ3v) is 3.51. The zero-order valence-corrected chi connectivity index (χ0v) is 12.6. The number of nitrogen functional groups attached to an aromatic ring is 1. The number of hydrogen-bond donors (Lipinski definition) is 1. The normalized spacial score (nSPS) is 10.4. The Labute approximate surface area is 122 Å². The molecule has 0 heterocycles. The van der Waals surface area contributed by atoms with Crippen LogP contribution < -0.4 is 10.5 Å². The van der Waals surface area contributed by atoms with Crippen molar-refractivity contribution >= 4 is 21.6 Å². The minimum atomic E-state index is 0.671. The van der Waals surface area contributed by atoms with Crippen molar-refractivity contribution in [3.05, 3.63) is 46.9 Å². The van der Waals surface area contributed by atoms with Gasteiger partial charge in [-0.1, -0.05) is 43.7 Å². The van der Waals surface area contributed by atoms with Crippen LogP contribution in [0.25, 0.3) is 11.1 Å². The van der Waals surface area contributed by atoms with E-state index in [1.165, 1.54) is 0 Å². The lowest BCUT2D eigenvalue weighted by Gasteiger charge is -2.12. The van der Waals surface area contributed by atoms with E-state index in [1.54, 1.807) is 0 Å². The van der Waals surface area contributed by atoms with Gasteiger partial charge in [0.1, 0.15) is 0 Å². The standard InChI is InChI=1S/C16H18BrNO/c1-2-3-9-19-16-14(17)10-13(11-15(16)18)12-7-5-4-6-8-12/h4-8,10-11H,2-3,9,18H2,1H3. The van der Waals surface area contributed by atoms with Crippen LogP contribution in [-0.2, 0) is 0 Å². The summed E-state index contributed by atoms with van der Waals surface area (Å²) in [5.74, 6) is 0.744. The van der Waals surface area contributed by atoms with Crippen LogP contribution in [0.2, 0.25) is 0 Å². The van der Waals surface area contributed by atoms with Crippen molar-refractivity contribution in [2.45, 2.75) is 19.8 Å². The molecule has 2 aromatic rings. The van der Waals surface area contributed by atoms with Crippen molar-refractivity contribution in [1.29, 1.82) is 0 Å². The number of benzene rings is 2. The number of halogens is 1. The Hall–Kier alpha value is -1.48. The van der Waals surface area contributed by atoms with Gasteiger partial charge in [-0.05, 0) is 45.6 Å². The smallest absolute Gasteiger partial charge is 0.156 e. The number of nitrogens with two attached hydrogens (primary N) is 1. The second kappa shape index (κ2) is 6.62. The van der Waals surface area contributed by atoms with Crippen LogP contribution in [0.15, 0.2) is 46.9 Å². The van der Waals surface area contributed by atoms with Crippen molar-refractivity contribution in [2.24, 2.45) is 0 Å². The van der Waals surface area contributed by atoms with Gasteiger partial charge in [-0.2, -0.15) is 0 Å². The minimum absolute atomic E-state index is 0.671. The highest BCUT2D eigenvalue weighted by molar-refractivity contribution is 9.10. The van der Waals surface area contributed by atoms with E-state index in [4.69, 9.17) is 10.5 Å². The Bertz CT molecular complexity index is 517. The molecule has 0 saturated heterocycles. The summed E-state index contributed by atoms with van der Waals surface area (Å²) in [4.78, 5) is 0. The van der Waals surface area contributed by atoms with E-state index in [9.17, 15) is 0 Å². The third-order valence-electron chi connectivity index (χ3n) is 2.92. The molecule has 0 aromatic heterocycles. The van der Waals surface area contributed by atoms with E-state index in [-0.39, 0.29) is 0 Å². The van der Waals surface area contributed by atoms with E-state index < -0.39 is 0 Å². The van der Waals surface area contributed by atoms with Gasteiger partial charge in [-0.25, -0.2) is 0 Å². The first-order valence-corrected chi connectivity index (χ1v) is 7.29. The van der Waals surface area contributed by atoms with Crippen molar-refractivity contribution in [1.82, 2.24) is 0 Å². The van der Waals surface area contributed by atoms with Crippen LogP contribution in [-0.4, -0.2) is 6.61 Å². The first kappa shape index (κ1) is 13.9. The molecule has 2 rings (SSSR count). The van der Waals surface area contributed by atoms with Crippen LogP contribution in [0.4, 0.5) is 5.69 Å². The van der Waals surface area contributed by atoms with Crippen molar-refractivity contribution < 1.29 is 4.74 Å². The molecule has 2 N–H and O–H groups in total. The summed E-state index contributed by atoms with van der Waals surface area (Å²) in [6.07, 6.45) is 2.14. The number of anilines is 1. The molecule has 0 unspecified atom stereocenters.